The molecule has 6 N–H and O–H groups in total. The highest BCUT2D eigenvalue weighted by atomic mass is 16.5. The summed E-state index contributed by atoms with van der Waals surface area (Å²) in [6.45, 7) is -0.302. The maximum absolute atomic E-state index is 14.0. The Hall–Kier alpha value is -3.90. The van der Waals surface area contributed by atoms with Crippen molar-refractivity contribution in [3.63, 3.8) is 0 Å². The van der Waals surface area contributed by atoms with Crippen LogP contribution in [0, 0.1) is 11.8 Å². The van der Waals surface area contributed by atoms with E-state index in [9.17, 15) is 34.5 Å². The number of nitrogens with two attached hydrogens (primary N) is 1. The van der Waals surface area contributed by atoms with Crippen molar-refractivity contribution in [2.24, 2.45) is 17.6 Å². The van der Waals surface area contributed by atoms with E-state index in [2.05, 4.69) is 5.32 Å². The van der Waals surface area contributed by atoms with Gasteiger partial charge in [-0.3, -0.25) is 24.1 Å². The fourth-order valence-electron chi connectivity index (χ4n) is 6.25. The summed E-state index contributed by atoms with van der Waals surface area (Å²) in [6, 6.07) is 0.688. The molecule has 5 rings (SSSR count). The summed E-state index contributed by atoms with van der Waals surface area (Å²) < 4.78 is 5.62. The number of nitrogens with one attached hydrogen (secondary N) is 1. The normalized spacial score (nSPS) is 28.7. The third kappa shape index (κ3) is 3.22. The Morgan fingerprint density at radius 3 is 2.46 bits per heavy atom. The number of benzene rings is 1. The number of carbonyl (C=O) groups is 4. The molecule has 12 nitrogen and oxygen atoms in total. The minimum absolute atomic E-state index is 0.0489. The highest BCUT2D eigenvalue weighted by Crippen LogP contribution is 2.54. The Bertz CT molecular complexity index is 1360. The van der Waals surface area contributed by atoms with Gasteiger partial charge in [0.15, 0.2) is 23.7 Å². The quantitative estimate of drug-likeness (QED) is 0.340. The highest BCUT2D eigenvalue weighted by Gasteiger charge is 2.63. The van der Waals surface area contributed by atoms with Crippen LogP contribution in [0.4, 0.5) is 11.4 Å². The van der Waals surface area contributed by atoms with Gasteiger partial charge in [-0.1, -0.05) is 0 Å². The van der Waals surface area contributed by atoms with Crippen LogP contribution in [0.2, 0.25) is 0 Å². The van der Waals surface area contributed by atoms with Gasteiger partial charge in [0, 0.05) is 31.3 Å². The number of primary amides is 1. The number of hydrogen-bond acceptors (Lipinski definition) is 10. The van der Waals surface area contributed by atoms with E-state index in [-0.39, 0.29) is 42.2 Å². The topological polar surface area (TPSA) is 183 Å². The lowest BCUT2D eigenvalue weighted by molar-refractivity contribution is -0.148. The lowest BCUT2D eigenvalue weighted by Gasteiger charge is -2.50. The van der Waals surface area contributed by atoms with E-state index < -0.39 is 58.0 Å². The third-order valence-corrected chi connectivity index (χ3v) is 7.78. The molecular weight excluding hydrogens is 484 g/mol. The average Bonchev–Trinajstić information content (AvgIpc) is 2.80. The number of anilines is 2. The van der Waals surface area contributed by atoms with Crippen molar-refractivity contribution in [1.29, 1.82) is 0 Å². The van der Waals surface area contributed by atoms with Crippen molar-refractivity contribution in [2.75, 3.05) is 45.0 Å². The second-order valence-corrected chi connectivity index (χ2v) is 10.3. The monoisotopic (exact) mass is 512 g/mol. The van der Waals surface area contributed by atoms with Gasteiger partial charge in [-0.05, 0) is 44.5 Å². The minimum atomic E-state index is -2.65. The van der Waals surface area contributed by atoms with Gasteiger partial charge >= 0.3 is 0 Å². The number of rotatable bonds is 3. The number of ether oxygens (including phenoxy) is 1. The van der Waals surface area contributed by atoms with Crippen LogP contribution in [0.1, 0.15) is 22.3 Å². The Labute approximate surface area is 212 Å². The summed E-state index contributed by atoms with van der Waals surface area (Å²) in [5.41, 5.74) is 3.45. The molecule has 1 aromatic carbocycles. The van der Waals surface area contributed by atoms with Gasteiger partial charge in [0.1, 0.15) is 17.1 Å². The number of amides is 2. The molecule has 37 heavy (non-hydrogen) atoms. The van der Waals surface area contributed by atoms with E-state index in [0.29, 0.717) is 16.9 Å². The van der Waals surface area contributed by atoms with Crippen molar-refractivity contribution >= 4 is 34.8 Å². The molecule has 1 unspecified atom stereocenters. The fraction of sp³-hybridized carbons (Fsp3) is 0.440. The Morgan fingerprint density at radius 1 is 1.19 bits per heavy atom. The van der Waals surface area contributed by atoms with Gasteiger partial charge in [-0.15, -0.1) is 0 Å². The van der Waals surface area contributed by atoms with E-state index in [1.807, 2.05) is 0 Å². The van der Waals surface area contributed by atoms with Gasteiger partial charge < -0.3 is 36.0 Å². The first-order valence-electron chi connectivity index (χ1n) is 11.7. The van der Waals surface area contributed by atoms with Gasteiger partial charge in [-0.2, -0.15) is 0 Å². The first-order chi connectivity index (χ1) is 17.3. The minimum Gasteiger partial charge on any atom is -0.510 e. The molecule has 12 heteroatoms. The van der Waals surface area contributed by atoms with E-state index in [0.717, 1.165) is 0 Å². The second kappa shape index (κ2) is 8.05. The molecule has 0 bridgehead atoms. The molecule has 0 saturated heterocycles. The summed E-state index contributed by atoms with van der Waals surface area (Å²) in [7, 11) is 6.76. The second-order valence-electron chi connectivity index (χ2n) is 10.3. The molecule has 1 heterocycles. The van der Waals surface area contributed by atoms with Crippen LogP contribution >= 0.6 is 0 Å². The van der Waals surface area contributed by atoms with Gasteiger partial charge in [0.25, 0.3) is 11.8 Å². The van der Waals surface area contributed by atoms with Crippen LogP contribution in [-0.2, 0) is 20.8 Å². The van der Waals surface area contributed by atoms with E-state index in [1.165, 1.54) is 4.90 Å². The fourth-order valence-corrected chi connectivity index (χ4v) is 6.25. The molecular formula is C25H28N4O8. The average molecular weight is 513 g/mol. The number of hydrogen-bond donors (Lipinski definition) is 5. The van der Waals surface area contributed by atoms with E-state index in [4.69, 9.17) is 10.5 Å². The largest absolute Gasteiger partial charge is 0.510 e. The SMILES string of the molecule is CN(C)c1cc2c(c3c1CC1C[C@H]4[C@H](N(C)C)C(O)=C(C(N)=O)C(=O)[C@@]4(O)C(O)=C1C3=O)OCC(=O)N2. The number of fused-ring (bicyclic) bond motifs is 5. The van der Waals surface area contributed by atoms with Crippen LogP contribution in [0.5, 0.6) is 5.75 Å². The molecule has 2 amide bonds. The van der Waals surface area contributed by atoms with Crippen LogP contribution in [-0.4, -0.2) is 90.0 Å². The lowest BCUT2D eigenvalue weighted by Crippen LogP contribution is -2.63. The number of allylic oxidation sites excluding steroid dienone is 1. The molecule has 4 atom stereocenters. The standard InChI is InChI=1S/C25H28N4O8/c1-28(2)13-7-12-21(37-8-14(30)27-12)16-10(13)5-9-6-11-18(29(3)4)20(32)17(24(26)35)23(34)25(11,36)22(33)15(9)19(16)31/h7,9,11,18,32-33,36H,5-6,8H2,1-4H3,(H2,26,35)(H,27,30)/t9?,11-,18-,25-/m0/s1. The summed E-state index contributed by atoms with van der Waals surface area (Å²) in [4.78, 5) is 54.7. The predicted molar refractivity (Wildman–Crippen MR) is 130 cm³/mol. The summed E-state index contributed by atoms with van der Waals surface area (Å²) in [6.07, 6.45) is 0.306. The Morgan fingerprint density at radius 2 is 1.86 bits per heavy atom. The molecule has 0 spiro atoms. The van der Waals surface area contributed by atoms with E-state index in [1.54, 1.807) is 39.2 Å². The molecule has 1 aromatic rings. The Balaban J connectivity index is 1.75. The number of aliphatic hydroxyl groups excluding tert-OH is 2. The number of nitrogens with zero attached hydrogens (tertiary/aromatic N) is 2. The van der Waals surface area contributed by atoms with E-state index >= 15 is 0 Å². The van der Waals surface area contributed by atoms with Crippen LogP contribution in [0.25, 0.3) is 0 Å². The maximum Gasteiger partial charge on any atom is 0.262 e. The summed E-state index contributed by atoms with van der Waals surface area (Å²) in [5, 5.41) is 36.7. The van der Waals surface area contributed by atoms with Crippen LogP contribution < -0.4 is 20.7 Å². The van der Waals surface area contributed by atoms with Gasteiger partial charge in [0.05, 0.1) is 17.3 Å². The Kier molecular flexibility index (Phi) is 5.39. The summed E-state index contributed by atoms with van der Waals surface area (Å²) in [5.74, 6) is -6.53. The van der Waals surface area contributed by atoms with Crippen molar-refractivity contribution in [3.8, 4) is 5.75 Å². The van der Waals surface area contributed by atoms with Gasteiger partial charge in [0.2, 0.25) is 5.78 Å². The molecule has 4 aliphatic rings. The maximum atomic E-state index is 14.0. The smallest absolute Gasteiger partial charge is 0.262 e. The van der Waals surface area contributed by atoms with Crippen molar-refractivity contribution < 1.29 is 39.2 Å². The molecule has 0 radical (unpaired) electrons. The third-order valence-electron chi connectivity index (χ3n) is 7.78. The number of Topliss-reactive ketones (excluding diaryl/α,β-unsaturated/α-hetero) is 2. The van der Waals surface area contributed by atoms with Gasteiger partial charge in [-0.25, -0.2) is 0 Å². The molecule has 196 valence electrons. The van der Waals surface area contributed by atoms with Crippen molar-refractivity contribution in [3.05, 3.63) is 39.9 Å². The number of ketones is 2. The zero-order valence-electron chi connectivity index (χ0n) is 20.8. The van der Waals surface area contributed by atoms with Crippen LogP contribution in [0.3, 0.4) is 0 Å². The number of carbonyl (C=O) groups excluding carboxylic acids is 4. The number of likely N-dealkylation sites (N-methyl/N-ethyl adjacent to an activating group) is 1. The first kappa shape index (κ1) is 24.8. The zero-order valence-corrected chi connectivity index (χ0v) is 20.8. The molecule has 0 saturated carbocycles. The van der Waals surface area contributed by atoms with Crippen LogP contribution in [0.15, 0.2) is 28.7 Å². The first-order valence-corrected chi connectivity index (χ1v) is 11.7. The lowest BCUT2D eigenvalue weighted by atomic mass is 9.58. The van der Waals surface area contributed by atoms with Crippen molar-refractivity contribution in [2.45, 2.75) is 24.5 Å². The highest BCUT2D eigenvalue weighted by molar-refractivity contribution is 6.25. The predicted octanol–water partition coefficient (Wildman–Crippen LogP) is -0.188. The number of aliphatic hydroxyl groups is 3. The summed E-state index contributed by atoms with van der Waals surface area (Å²) >= 11 is 0. The molecule has 3 aliphatic carbocycles. The van der Waals surface area contributed by atoms with Crippen molar-refractivity contribution in [1.82, 2.24) is 4.90 Å². The molecule has 0 fully saturated rings. The molecule has 0 aromatic heterocycles. The zero-order chi connectivity index (χ0) is 27.1. The molecule has 1 aliphatic heterocycles.